The third kappa shape index (κ3) is 4.06. The predicted molar refractivity (Wildman–Crippen MR) is 102 cm³/mol. The summed E-state index contributed by atoms with van der Waals surface area (Å²) in [5, 5.41) is 5.01. The van der Waals surface area contributed by atoms with Gasteiger partial charge in [0.05, 0.1) is 11.7 Å². The van der Waals surface area contributed by atoms with E-state index in [0.717, 1.165) is 38.4 Å². The molecule has 0 bridgehead atoms. The van der Waals surface area contributed by atoms with Crippen LogP contribution in [0.2, 0.25) is 0 Å². The fourth-order valence-corrected chi connectivity index (χ4v) is 5.09. The zero-order valence-electron chi connectivity index (χ0n) is 16.2. The first kappa shape index (κ1) is 20.3. The highest BCUT2D eigenvalue weighted by molar-refractivity contribution is 6.28. The average Bonchev–Trinajstić information content (AvgIpc) is 3.52. The van der Waals surface area contributed by atoms with E-state index in [9.17, 15) is 14.4 Å². The Hall–Kier alpha value is -1.40. The number of halogens is 1. The van der Waals surface area contributed by atoms with Gasteiger partial charge in [0.25, 0.3) is 0 Å². The van der Waals surface area contributed by atoms with Gasteiger partial charge in [-0.1, -0.05) is 11.6 Å². The number of alkyl halides is 1. The Kier molecular flexibility index (Phi) is 5.69. The van der Waals surface area contributed by atoms with Gasteiger partial charge in [0, 0.05) is 17.9 Å². The fourth-order valence-electron chi connectivity index (χ4n) is 5.02. The van der Waals surface area contributed by atoms with Gasteiger partial charge in [-0.25, -0.2) is 4.79 Å². The van der Waals surface area contributed by atoms with Crippen molar-refractivity contribution in [1.29, 1.82) is 0 Å². The molecule has 0 aromatic rings. The molecule has 3 fully saturated rings. The van der Waals surface area contributed by atoms with E-state index < -0.39 is 11.9 Å². The summed E-state index contributed by atoms with van der Waals surface area (Å²) in [7, 11) is 0. The molecule has 2 saturated carbocycles. The molecule has 1 aliphatic heterocycles. The van der Waals surface area contributed by atoms with Crippen molar-refractivity contribution in [3.05, 3.63) is 11.6 Å². The van der Waals surface area contributed by atoms with Crippen LogP contribution in [0.4, 0.5) is 4.79 Å². The number of rotatable bonds is 6. The molecule has 3 aliphatic rings. The minimum absolute atomic E-state index is 0.0841. The predicted octanol–water partition coefficient (Wildman–Crippen LogP) is 2.94. The van der Waals surface area contributed by atoms with E-state index in [1.807, 2.05) is 0 Å². The van der Waals surface area contributed by atoms with Crippen LogP contribution in [0.15, 0.2) is 11.6 Å². The molecule has 27 heavy (non-hydrogen) atoms. The number of epoxide rings is 1. The van der Waals surface area contributed by atoms with E-state index in [2.05, 4.69) is 37.5 Å². The number of hydrogen-bond donors (Lipinski definition) is 2. The molecule has 3 amide bonds. The van der Waals surface area contributed by atoms with Crippen molar-refractivity contribution in [1.82, 2.24) is 10.6 Å². The van der Waals surface area contributed by atoms with Gasteiger partial charge in [-0.05, 0) is 58.3 Å². The van der Waals surface area contributed by atoms with Crippen LogP contribution in [0.1, 0.15) is 52.9 Å². The van der Waals surface area contributed by atoms with Gasteiger partial charge < -0.3 is 14.8 Å². The van der Waals surface area contributed by atoms with Crippen LogP contribution in [0.5, 0.6) is 0 Å². The Balaban J connectivity index is 1.74. The molecular formula is C20H29ClN2O4. The zero-order chi connectivity index (χ0) is 19.8. The van der Waals surface area contributed by atoms with E-state index in [0.29, 0.717) is 0 Å². The number of aldehydes is 1. The summed E-state index contributed by atoms with van der Waals surface area (Å²) >= 11 is 5.43. The lowest BCUT2D eigenvalue weighted by molar-refractivity contribution is -0.117. The molecule has 1 heterocycles. The highest BCUT2D eigenvalue weighted by atomic mass is 35.5. The summed E-state index contributed by atoms with van der Waals surface area (Å²) < 4.78 is 6.13. The van der Waals surface area contributed by atoms with Gasteiger partial charge in [0.1, 0.15) is 12.2 Å². The molecule has 1 spiro atoms. The number of urea groups is 1. The fraction of sp³-hybridized carbons (Fsp3) is 0.750. The van der Waals surface area contributed by atoms with Gasteiger partial charge in [-0.15, -0.1) is 11.6 Å². The molecule has 3 rings (SSSR count). The standard InChI is InChI=1S/C20H29ClN2O4/c1-12(2)4-5-15-19(3,27-15)17-13(11-24)14(6-7-20(17)8-9-20)22-18(26)23-16(25)10-21/h4,11,13-15,17H,5-10H2,1-3H3,(H2,22,23,25,26)/t13-,14-,15?,17?,19-/m1/s1. The summed E-state index contributed by atoms with van der Waals surface area (Å²) in [5.74, 6) is -1.07. The molecule has 0 aromatic heterocycles. The van der Waals surface area contributed by atoms with Crippen LogP contribution in [0, 0.1) is 17.3 Å². The van der Waals surface area contributed by atoms with Gasteiger partial charge in [-0.3, -0.25) is 10.1 Å². The van der Waals surface area contributed by atoms with Gasteiger partial charge >= 0.3 is 6.03 Å². The number of carbonyl (C=O) groups excluding carboxylic acids is 3. The molecule has 0 radical (unpaired) electrons. The molecule has 6 nitrogen and oxygen atoms in total. The maximum Gasteiger partial charge on any atom is 0.321 e. The second kappa shape index (κ2) is 7.55. The van der Waals surface area contributed by atoms with Crippen LogP contribution >= 0.6 is 11.6 Å². The van der Waals surface area contributed by atoms with Crippen molar-refractivity contribution >= 4 is 29.8 Å². The Labute approximate surface area is 165 Å². The van der Waals surface area contributed by atoms with E-state index in [-0.39, 0.29) is 40.9 Å². The second-order valence-corrected chi connectivity index (χ2v) is 8.93. The summed E-state index contributed by atoms with van der Waals surface area (Å²) in [5.41, 5.74) is 1.07. The van der Waals surface area contributed by atoms with Gasteiger partial charge in [0.15, 0.2) is 0 Å². The average molecular weight is 397 g/mol. The first-order valence-corrected chi connectivity index (χ1v) is 10.2. The number of allylic oxidation sites excluding steroid dienone is 1. The number of ether oxygens (including phenoxy) is 1. The Bertz CT molecular complexity index is 656. The summed E-state index contributed by atoms with van der Waals surface area (Å²) in [6, 6.07) is -0.891. The number of nitrogens with one attached hydrogen (secondary N) is 2. The molecule has 5 atom stereocenters. The molecule has 2 aliphatic carbocycles. The number of carbonyl (C=O) groups is 3. The SMILES string of the molecule is CC(C)=CCC1O[C@@]1(C)C1[C@H](C=O)[C@H](NC(=O)NC(=O)CCl)CCC12CC2. The van der Waals surface area contributed by atoms with E-state index in [4.69, 9.17) is 16.3 Å². The van der Waals surface area contributed by atoms with E-state index >= 15 is 0 Å². The highest BCUT2D eigenvalue weighted by Gasteiger charge is 2.69. The number of hydrogen-bond acceptors (Lipinski definition) is 4. The van der Waals surface area contributed by atoms with Crippen molar-refractivity contribution in [2.45, 2.75) is 70.6 Å². The van der Waals surface area contributed by atoms with Gasteiger partial charge in [-0.2, -0.15) is 0 Å². The minimum atomic E-state index is -0.592. The highest BCUT2D eigenvalue weighted by Crippen LogP contribution is 2.68. The molecule has 7 heteroatoms. The maximum atomic E-state index is 12.1. The normalized spacial score (nSPS) is 35.9. The van der Waals surface area contributed by atoms with Crippen LogP contribution in [0.25, 0.3) is 0 Å². The Morgan fingerprint density at radius 2 is 1.96 bits per heavy atom. The topological polar surface area (TPSA) is 87.8 Å². The smallest absolute Gasteiger partial charge is 0.321 e. The Morgan fingerprint density at radius 3 is 2.52 bits per heavy atom. The van der Waals surface area contributed by atoms with E-state index in [1.165, 1.54) is 5.57 Å². The van der Waals surface area contributed by atoms with Crippen LogP contribution in [0.3, 0.4) is 0 Å². The lowest BCUT2D eigenvalue weighted by Crippen LogP contribution is -2.55. The maximum absolute atomic E-state index is 12.1. The molecule has 0 aromatic carbocycles. The van der Waals surface area contributed by atoms with E-state index in [1.54, 1.807) is 0 Å². The van der Waals surface area contributed by atoms with Crippen molar-refractivity contribution < 1.29 is 19.1 Å². The lowest BCUT2D eigenvalue weighted by atomic mass is 9.62. The molecule has 1 saturated heterocycles. The number of imide groups is 1. The van der Waals surface area contributed by atoms with Crippen molar-refractivity contribution in [3.8, 4) is 0 Å². The van der Waals surface area contributed by atoms with Crippen molar-refractivity contribution in [2.75, 3.05) is 5.88 Å². The third-order valence-corrected chi connectivity index (χ3v) is 6.78. The summed E-state index contributed by atoms with van der Waals surface area (Å²) in [4.78, 5) is 35.5. The second-order valence-electron chi connectivity index (χ2n) is 8.66. The zero-order valence-corrected chi connectivity index (χ0v) is 17.0. The van der Waals surface area contributed by atoms with Crippen LogP contribution in [-0.4, -0.2) is 41.9 Å². The third-order valence-electron chi connectivity index (χ3n) is 6.54. The largest absolute Gasteiger partial charge is 0.366 e. The molecule has 2 N–H and O–H groups in total. The monoisotopic (exact) mass is 396 g/mol. The summed E-state index contributed by atoms with van der Waals surface area (Å²) in [6.45, 7) is 6.24. The molecule has 2 unspecified atom stereocenters. The molecule has 150 valence electrons. The van der Waals surface area contributed by atoms with Gasteiger partial charge in [0.2, 0.25) is 5.91 Å². The summed E-state index contributed by atoms with van der Waals surface area (Å²) in [6.07, 6.45) is 8.03. The quantitative estimate of drug-likeness (QED) is 0.312. The van der Waals surface area contributed by atoms with Crippen molar-refractivity contribution in [2.24, 2.45) is 17.3 Å². The number of amides is 3. The first-order chi connectivity index (χ1) is 12.8. The van der Waals surface area contributed by atoms with Crippen LogP contribution in [-0.2, 0) is 14.3 Å². The van der Waals surface area contributed by atoms with Crippen molar-refractivity contribution in [3.63, 3.8) is 0 Å². The Morgan fingerprint density at radius 1 is 1.26 bits per heavy atom. The molecular weight excluding hydrogens is 368 g/mol. The lowest BCUT2D eigenvalue weighted by Gasteiger charge is -2.44. The minimum Gasteiger partial charge on any atom is -0.366 e. The first-order valence-electron chi connectivity index (χ1n) is 9.68. The van der Waals surface area contributed by atoms with Crippen LogP contribution < -0.4 is 10.6 Å².